The molecule has 0 radical (unpaired) electrons. The molecule has 28 heavy (non-hydrogen) atoms. The Morgan fingerprint density at radius 1 is 1.14 bits per heavy atom. The number of halogens is 1. The first-order valence-electron chi connectivity index (χ1n) is 8.77. The van der Waals surface area contributed by atoms with Gasteiger partial charge in [0.2, 0.25) is 0 Å². The number of benzene rings is 2. The standard InChI is InChI=1S/C20H16ClN3O2S2/c1-24-19(15-10-25-13-7-3-4-8-14(13)26-15)22-23-20(24)27-11-17-18(21)12-6-2-5-9-16(12)28-17/h2-9,15H,10-11H2,1H3. The van der Waals surface area contributed by atoms with Crippen LogP contribution < -0.4 is 9.47 Å². The van der Waals surface area contributed by atoms with Crippen molar-refractivity contribution in [2.24, 2.45) is 7.05 Å². The Labute approximate surface area is 175 Å². The highest BCUT2D eigenvalue weighted by Gasteiger charge is 2.27. The average Bonchev–Trinajstić information content (AvgIpc) is 3.26. The first-order valence-corrected chi connectivity index (χ1v) is 10.9. The van der Waals surface area contributed by atoms with E-state index in [0.29, 0.717) is 6.61 Å². The van der Waals surface area contributed by atoms with E-state index < -0.39 is 0 Å². The molecule has 2 aromatic heterocycles. The minimum absolute atomic E-state index is 0.283. The molecule has 2 aromatic carbocycles. The molecule has 5 nitrogen and oxygen atoms in total. The van der Waals surface area contributed by atoms with Gasteiger partial charge in [0.1, 0.15) is 6.61 Å². The van der Waals surface area contributed by atoms with Crippen LogP contribution in [-0.4, -0.2) is 21.4 Å². The van der Waals surface area contributed by atoms with E-state index in [-0.39, 0.29) is 6.10 Å². The van der Waals surface area contributed by atoms with Gasteiger partial charge >= 0.3 is 0 Å². The normalized spacial score (nSPS) is 15.9. The lowest BCUT2D eigenvalue weighted by atomic mass is 10.2. The number of rotatable bonds is 4. The van der Waals surface area contributed by atoms with Crippen LogP contribution in [0.2, 0.25) is 5.02 Å². The highest BCUT2D eigenvalue weighted by Crippen LogP contribution is 2.39. The molecule has 8 heteroatoms. The molecule has 1 aliphatic heterocycles. The molecule has 0 bridgehead atoms. The summed E-state index contributed by atoms with van der Waals surface area (Å²) in [6.45, 7) is 0.412. The lowest BCUT2D eigenvalue weighted by molar-refractivity contribution is 0.0825. The molecule has 0 spiro atoms. The highest BCUT2D eigenvalue weighted by molar-refractivity contribution is 7.98. The van der Waals surface area contributed by atoms with Gasteiger partial charge < -0.3 is 14.0 Å². The van der Waals surface area contributed by atoms with Gasteiger partial charge in [-0.15, -0.1) is 21.5 Å². The molecular formula is C20H16ClN3O2S2. The second-order valence-corrected chi connectivity index (χ2v) is 8.85. The van der Waals surface area contributed by atoms with Gasteiger partial charge in [0, 0.05) is 27.8 Å². The van der Waals surface area contributed by atoms with Crippen molar-refractivity contribution in [3.05, 3.63) is 64.3 Å². The Bertz CT molecular complexity index is 1160. The van der Waals surface area contributed by atoms with Crippen LogP contribution in [0.25, 0.3) is 10.1 Å². The molecule has 142 valence electrons. The smallest absolute Gasteiger partial charge is 0.192 e. The van der Waals surface area contributed by atoms with Crippen LogP contribution in [0.15, 0.2) is 53.7 Å². The van der Waals surface area contributed by atoms with Gasteiger partial charge in [0.05, 0.1) is 5.02 Å². The molecule has 1 unspecified atom stereocenters. The van der Waals surface area contributed by atoms with Gasteiger partial charge in [0.15, 0.2) is 28.6 Å². The first kappa shape index (κ1) is 17.8. The second kappa shape index (κ2) is 7.31. The number of para-hydroxylation sites is 2. The summed E-state index contributed by atoms with van der Waals surface area (Å²) < 4.78 is 15.0. The fraction of sp³-hybridized carbons (Fsp3) is 0.200. The number of thiophene rings is 1. The lowest BCUT2D eigenvalue weighted by Gasteiger charge is -2.25. The van der Waals surface area contributed by atoms with Crippen LogP contribution in [0, 0.1) is 0 Å². The van der Waals surface area contributed by atoms with Crippen molar-refractivity contribution in [2.45, 2.75) is 17.0 Å². The fourth-order valence-corrected chi connectivity index (χ4v) is 5.74. The molecule has 0 saturated heterocycles. The number of thioether (sulfide) groups is 1. The minimum atomic E-state index is -0.283. The maximum absolute atomic E-state index is 6.56. The maximum atomic E-state index is 6.56. The van der Waals surface area contributed by atoms with Gasteiger partial charge in [-0.3, -0.25) is 0 Å². The number of hydrogen-bond donors (Lipinski definition) is 0. The number of fused-ring (bicyclic) bond motifs is 2. The molecule has 0 amide bonds. The zero-order valence-electron chi connectivity index (χ0n) is 15.0. The predicted molar refractivity (Wildman–Crippen MR) is 113 cm³/mol. The molecule has 0 fully saturated rings. The van der Waals surface area contributed by atoms with Crippen LogP contribution in [0.4, 0.5) is 0 Å². The van der Waals surface area contributed by atoms with E-state index in [4.69, 9.17) is 21.1 Å². The quantitative estimate of drug-likeness (QED) is 0.401. The topological polar surface area (TPSA) is 49.2 Å². The Morgan fingerprint density at radius 3 is 2.79 bits per heavy atom. The fourth-order valence-electron chi connectivity index (χ4n) is 3.17. The molecular weight excluding hydrogens is 414 g/mol. The van der Waals surface area contributed by atoms with Crippen LogP contribution in [-0.2, 0) is 12.8 Å². The molecule has 4 aromatic rings. The summed E-state index contributed by atoms with van der Waals surface area (Å²) in [4.78, 5) is 1.14. The number of ether oxygens (including phenoxy) is 2. The number of hydrogen-bond acceptors (Lipinski definition) is 6. The van der Waals surface area contributed by atoms with Crippen molar-refractivity contribution in [3.8, 4) is 11.5 Å². The summed E-state index contributed by atoms with van der Waals surface area (Å²) in [5.41, 5.74) is 0. The Morgan fingerprint density at radius 2 is 1.93 bits per heavy atom. The van der Waals surface area contributed by atoms with Gasteiger partial charge in [-0.25, -0.2) is 0 Å². The third-order valence-corrected chi connectivity index (χ3v) is 7.54. The first-order chi connectivity index (χ1) is 13.7. The largest absolute Gasteiger partial charge is 0.485 e. The monoisotopic (exact) mass is 429 g/mol. The van der Waals surface area contributed by atoms with E-state index >= 15 is 0 Å². The molecule has 0 aliphatic carbocycles. The van der Waals surface area contributed by atoms with Crippen molar-refractivity contribution in [3.63, 3.8) is 0 Å². The van der Waals surface area contributed by atoms with Crippen molar-refractivity contribution >= 4 is 44.8 Å². The van der Waals surface area contributed by atoms with E-state index in [1.807, 2.05) is 48.0 Å². The van der Waals surface area contributed by atoms with Crippen molar-refractivity contribution in [1.29, 1.82) is 0 Å². The van der Waals surface area contributed by atoms with Crippen LogP contribution in [0.3, 0.4) is 0 Å². The highest BCUT2D eigenvalue weighted by atomic mass is 35.5. The van der Waals surface area contributed by atoms with Crippen LogP contribution in [0.1, 0.15) is 16.8 Å². The predicted octanol–water partition coefficient (Wildman–Crippen LogP) is 5.49. The van der Waals surface area contributed by atoms with E-state index in [1.54, 1.807) is 23.1 Å². The Hall–Kier alpha value is -2.22. The summed E-state index contributed by atoms with van der Waals surface area (Å²) in [6.07, 6.45) is -0.283. The minimum Gasteiger partial charge on any atom is -0.485 e. The van der Waals surface area contributed by atoms with Crippen molar-refractivity contribution < 1.29 is 9.47 Å². The van der Waals surface area contributed by atoms with E-state index in [0.717, 1.165) is 43.5 Å². The van der Waals surface area contributed by atoms with E-state index in [1.165, 1.54) is 4.70 Å². The molecule has 0 saturated carbocycles. The van der Waals surface area contributed by atoms with Crippen LogP contribution in [0.5, 0.6) is 11.5 Å². The SMILES string of the molecule is Cn1c(SCc2sc3ccccc3c2Cl)nnc1C1COc2ccccc2O1. The summed E-state index contributed by atoms with van der Waals surface area (Å²) in [5, 5.41) is 11.5. The Balaban J connectivity index is 1.34. The lowest BCUT2D eigenvalue weighted by Crippen LogP contribution is -2.24. The Kier molecular flexibility index (Phi) is 4.66. The van der Waals surface area contributed by atoms with Crippen molar-refractivity contribution in [1.82, 2.24) is 14.8 Å². The molecule has 1 aliphatic rings. The van der Waals surface area contributed by atoms with Gasteiger partial charge in [-0.2, -0.15) is 0 Å². The van der Waals surface area contributed by atoms with Gasteiger partial charge in [0.25, 0.3) is 0 Å². The third kappa shape index (κ3) is 3.13. The second-order valence-electron chi connectivity index (χ2n) is 6.39. The summed E-state index contributed by atoms with van der Waals surface area (Å²) in [7, 11) is 1.95. The van der Waals surface area contributed by atoms with E-state index in [9.17, 15) is 0 Å². The van der Waals surface area contributed by atoms with Gasteiger partial charge in [-0.05, 0) is 18.2 Å². The molecule has 1 atom stereocenters. The maximum Gasteiger partial charge on any atom is 0.192 e. The van der Waals surface area contributed by atoms with Gasteiger partial charge in [-0.1, -0.05) is 53.7 Å². The third-order valence-electron chi connectivity index (χ3n) is 4.60. The number of aromatic nitrogens is 3. The number of nitrogens with zero attached hydrogens (tertiary/aromatic N) is 3. The molecule has 5 rings (SSSR count). The summed E-state index contributed by atoms with van der Waals surface area (Å²) in [6, 6.07) is 15.9. The zero-order chi connectivity index (χ0) is 19.1. The van der Waals surface area contributed by atoms with Crippen LogP contribution >= 0.6 is 34.7 Å². The summed E-state index contributed by atoms with van der Waals surface area (Å²) in [5.74, 6) is 2.98. The average molecular weight is 430 g/mol. The molecule has 3 heterocycles. The van der Waals surface area contributed by atoms with E-state index in [2.05, 4.69) is 22.3 Å². The zero-order valence-corrected chi connectivity index (χ0v) is 17.4. The molecule has 0 N–H and O–H groups in total. The summed E-state index contributed by atoms with van der Waals surface area (Å²) >= 11 is 9.90. The van der Waals surface area contributed by atoms with Crippen molar-refractivity contribution in [2.75, 3.05) is 6.61 Å².